The molecule has 0 saturated heterocycles. The fourth-order valence-corrected chi connectivity index (χ4v) is 3.60. The van der Waals surface area contributed by atoms with Gasteiger partial charge in [0.2, 0.25) is 5.91 Å². The molecular formula is C19H17ClFN3O5S. The number of carbonyl (C=O) groups excluding carboxylic acids is 1. The Morgan fingerprint density at radius 2 is 2.03 bits per heavy atom. The van der Waals surface area contributed by atoms with Crippen LogP contribution in [0.1, 0.15) is 11.1 Å². The van der Waals surface area contributed by atoms with E-state index in [0.717, 1.165) is 12.1 Å². The number of benzene rings is 2. The molecule has 1 amide bonds. The van der Waals surface area contributed by atoms with Crippen LogP contribution in [0.3, 0.4) is 0 Å². The van der Waals surface area contributed by atoms with Gasteiger partial charge in [-0.3, -0.25) is 14.0 Å². The van der Waals surface area contributed by atoms with Crippen LogP contribution < -0.4 is 10.1 Å². The maximum atomic E-state index is 13.3. The number of hydrogen-bond donors (Lipinski definition) is 2. The second-order valence-corrected chi connectivity index (χ2v) is 8.19. The van der Waals surface area contributed by atoms with Crippen molar-refractivity contribution in [2.24, 2.45) is 7.05 Å². The summed E-state index contributed by atoms with van der Waals surface area (Å²) in [5.41, 5.74) is 0.600. The van der Waals surface area contributed by atoms with Crippen LogP contribution in [0, 0.1) is 5.82 Å². The fourth-order valence-electron chi connectivity index (χ4n) is 2.68. The number of nitrogens with zero attached hydrogens (tertiary/aromatic N) is 2. The molecule has 0 spiro atoms. The molecule has 0 atom stereocenters. The van der Waals surface area contributed by atoms with Gasteiger partial charge < -0.3 is 10.1 Å². The van der Waals surface area contributed by atoms with Gasteiger partial charge in [0.25, 0.3) is 10.1 Å². The molecule has 2 aromatic carbocycles. The number of hydrogen-bond acceptors (Lipinski definition) is 5. The topological polar surface area (TPSA) is 111 Å². The summed E-state index contributed by atoms with van der Waals surface area (Å²) in [6, 6.07) is 7.64. The number of aromatic nitrogens is 2. The van der Waals surface area contributed by atoms with Crippen molar-refractivity contribution in [2.75, 3.05) is 5.32 Å². The van der Waals surface area contributed by atoms with Crippen LogP contribution in [0.5, 0.6) is 5.75 Å². The average Bonchev–Trinajstić information content (AvgIpc) is 3.08. The van der Waals surface area contributed by atoms with E-state index in [4.69, 9.17) is 16.3 Å². The minimum Gasteiger partial charge on any atom is -0.486 e. The minimum atomic E-state index is -4.58. The molecule has 0 aliphatic heterocycles. The van der Waals surface area contributed by atoms with Crippen LogP contribution >= 0.6 is 11.6 Å². The van der Waals surface area contributed by atoms with E-state index in [9.17, 15) is 22.2 Å². The zero-order valence-electron chi connectivity index (χ0n) is 15.7. The summed E-state index contributed by atoms with van der Waals surface area (Å²) in [6.45, 7) is -0.145. The van der Waals surface area contributed by atoms with Gasteiger partial charge in [-0.15, -0.1) is 0 Å². The van der Waals surface area contributed by atoms with Crippen LogP contribution in [0.4, 0.5) is 10.1 Å². The second-order valence-electron chi connectivity index (χ2n) is 6.40. The van der Waals surface area contributed by atoms with Gasteiger partial charge in [-0.1, -0.05) is 17.7 Å². The molecule has 3 aromatic rings. The first-order valence-electron chi connectivity index (χ1n) is 8.57. The Balaban J connectivity index is 1.77. The highest BCUT2D eigenvalue weighted by molar-refractivity contribution is 7.85. The van der Waals surface area contributed by atoms with Crippen molar-refractivity contribution in [2.45, 2.75) is 17.9 Å². The van der Waals surface area contributed by atoms with E-state index in [1.165, 1.54) is 35.1 Å². The lowest BCUT2D eigenvalue weighted by molar-refractivity contribution is -0.115. The normalized spacial score (nSPS) is 11.3. The van der Waals surface area contributed by atoms with Crippen LogP contribution in [-0.4, -0.2) is 28.7 Å². The van der Waals surface area contributed by atoms with Gasteiger partial charge >= 0.3 is 0 Å². The summed E-state index contributed by atoms with van der Waals surface area (Å²) >= 11 is 5.96. The van der Waals surface area contributed by atoms with Crippen LogP contribution in [-0.2, 0) is 35.0 Å². The molecule has 1 heterocycles. The summed E-state index contributed by atoms with van der Waals surface area (Å²) < 4.78 is 53.5. The Morgan fingerprint density at radius 3 is 2.70 bits per heavy atom. The van der Waals surface area contributed by atoms with Gasteiger partial charge in [0.1, 0.15) is 17.3 Å². The van der Waals surface area contributed by atoms with Gasteiger partial charge in [0, 0.05) is 23.3 Å². The Labute approximate surface area is 177 Å². The smallest absolute Gasteiger partial charge is 0.294 e. The zero-order valence-corrected chi connectivity index (χ0v) is 17.2. The predicted octanol–water partition coefficient (Wildman–Crippen LogP) is 3.22. The molecule has 0 aliphatic rings. The van der Waals surface area contributed by atoms with Crippen molar-refractivity contribution in [1.29, 1.82) is 0 Å². The number of rotatable bonds is 7. The third-order valence-corrected chi connectivity index (χ3v) is 5.37. The first-order chi connectivity index (χ1) is 14.1. The summed E-state index contributed by atoms with van der Waals surface area (Å²) in [5.74, 6) is -0.653. The molecule has 0 bridgehead atoms. The Kier molecular flexibility index (Phi) is 6.40. The first-order valence-corrected chi connectivity index (χ1v) is 10.4. The van der Waals surface area contributed by atoms with Gasteiger partial charge in [-0.2, -0.15) is 13.5 Å². The molecule has 2 N–H and O–H groups in total. The van der Waals surface area contributed by atoms with Crippen LogP contribution in [0.25, 0.3) is 0 Å². The minimum absolute atomic E-state index is 0.130. The van der Waals surface area contributed by atoms with Gasteiger partial charge in [0.15, 0.2) is 5.75 Å². The molecule has 3 rings (SSSR count). The van der Waals surface area contributed by atoms with Crippen molar-refractivity contribution in [1.82, 2.24) is 9.78 Å². The molecule has 158 valence electrons. The number of nitrogens with one attached hydrogen (secondary N) is 1. The third kappa shape index (κ3) is 5.56. The summed E-state index contributed by atoms with van der Waals surface area (Å²) in [7, 11) is -2.89. The monoisotopic (exact) mass is 453 g/mol. The Bertz CT molecular complexity index is 1200. The highest BCUT2D eigenvalue weighted by Gasteiger charge is 2.18. The lowest BCUT2D eigenvalue weighted by atomic mass is 10.1. The van der Waals surface area contributed by atoms with E-state index in [0.29, 0.717) is 5.75 Å². The lowest BCUT2D eigenvalue weighted by Crippen LogP contribution is -2.16. The zero-order chi connectivity index (χ0) is 21.9. The van der Waals surface area contributed by atoms with Crippen LogP contribution in [0.15, 0.2) is 53.7 Å². The molecular weight excluding hydrogens is 437 g/mol. The van der Waals surface area contributed by atoms with E-state index in [2.05, 4.69) is 10.4 Å². The van der Waals surface area contributed by atoms with Gasteiger partial charge in [-0.05, 0) is 35.9 Å². The number of amides is 1. The molecule has 11 heteroatoms. The molecule has 0 unspecified atom stereocenters. The van der Waals surface area contributed by atoms with Gasteiger partial charge in [0.05, 0.1) is 18.8 Å². The highest BCUT2D eigenvalue weighted by atomic mass is 35.5. The summed E-state index contributed by atoms with van der Waals surface area (Å²) in [4.78, 5) is 11.9. The number of carbonyl (C=O) groups is 1. The molecule has 1 aromatic heterocycles. The van der Waals surface area contributed by atoms with E-state index >= 15 is 0 Å². The second kappa shape index (κ2) is 8.82. The average molecular weight is 454 g/mol. The predicted molar refractivity (Wildman–Crippen MR) is 108 cm³/mol. The number of aryl methyl sites for hydroxylation is 1. The maximum absolute atomic E-state index is 13.3. The SMILES string of the molecule is Cn1cc(OCc2ccc(NC(=O)Cc3cc(F)ccc3Cl)cc2S(=O)(=O)O)cn1. The standard InChI is InChI=1S/C19H17ClFN3O5S/c1-24-10-16(9-22-24)29-11-12-2-4-15(8-18(12)30(26,27)28)23-19(25)7-13-6-14(21)3-5-17(13)20/h2-6,8-10H,7,11H2,1H3,(H,23,25)(H,26,27,28). The van der Waals surface area contributed by atoms with E-state index < -0.39 is 26.7 Å². The molecule has 0 fully saturated rings. The van der Waals surface area contributed by atoms with Crippen molar-refractivity contribution < 1.29 is 26.9 Å². The largest absolute Gasteiger partial charge is 0.486 e. The van der Waals surface area contributed by atoms with Gasteiger partial charge in [-0.25, -0.2) is 4.39 Å². The van der Waals surface area contributed by atoms with Crippen molar-refractivity contribution in [3.63, 3.8) is 0 Å². The third-order valence-electron chi connectivity index (χ3n) is 4.06. The molecule has 8 nitrogen and oxygen atoms in total. The summed E-state index contributed by atoms with van der Waals surface area (Å²) in [6.07, 6.45) is 2.84. The Morgan fingerprint density at radius 1 is 1.27 bits per heavy atom. The number of halogens is 2. The fraction of sp³-hybridized carbons (Fsp3) is 0.158. The van der Waals surface area contributed by atoms with E-state index in [1.807, 2.05) is 0 Å². The Hall–Kier alpha value is -2.95. The molecule has 30 heavy (non-hydrogen) atoms. The molecule has 0 radical (unpaired) electrons. The molecule has 0 aliphatic carbocycles. The number of ether oxygens (including phenoxy) is 1. The highest BCUT2D eigenvalue weighted by Crippen LogP contribution is 2.23. The maximum Gasteiger partial charge on any atom is 0.294 e. The van der Waals surface area contributed by atoms with Crippen molar-refractivity contribution in [3.05, 3.63) is 70.8 Å². The van der Waals surface area contributed by atoms with Crippen molar-refractivity contribution in [3.8, 4) is 5.75 Å². The summed E-state index contributed by atoms with van der Waals surface area (Å²) in [5, 5.41) is 6.67. The first kappa shape index (κ1) is 21.8. The van der Waals surface area contributed by atoms with Crippen LogP contribution in [0.2, 0.25) is 5.02 Å². The number of anilines is 1. The van der Waals surface area contributed by atoms with E-state index in [1.54, 1.807) is 13.2 Å². The molecule has 0 saturated carbocycles. The van der Waals surface area contributed by atoms with Crippen molar-refractivity contribution >= 4 is 33.3 Å². The quantitative estimate of drug-likeness (QED) is 0.531. The van der Waals surface area contributed by atoms with E-state index in [-0.39, 0.29) is 34.9 Å². The lowest BCUT2D eigenvalue weighted by Gasteiger charge is -2.12.